The SMILES string of the molecule is COCC(=O)Nc1cc(Oc2ccc(NC(=O)Nc3cc(C(C)C)nn3-c3ccc(C)cc3)c3ccccc23)ccn1. The second kappa shape index (κ2) is 12.5. The van der Waals surface area contributed by atoms with Gasteiger partial charge in [0.05, 0.1) is 17.1 Å². The summed E-state index contributed by atoms with van der Waals surface area (Å²) in [6.07, 6.45) is 1.55. The Morgan fingerprint density at radius 2 is 1.67 bits per heavy atom. The number of ether oxygens (including phenoxy) is 2. The van der Waals surface area contributed by atoms with Crippen molar-refractivity contribution >= 4 is 40.0 Å². The van der Waals surface area contributed by atoms with Gasteiger partial charge < -0.3 is 20.1 Å². The van der Waals surface area contributed by atoms with Gasteiger partial charge in [0.15, 0.2) is 0 Å². The quantitative estimate of drug-likeness (QED) is 0.180. The molecule has 3 aromatic carbocycles. The zero-order valence-electron chi connectivity index (χ0n) is 23.8. The number of nitrogens with zero attached hydrogens (tertiary/aromatic N) is 3. The minimum atomic E-state index is -0.400. The van der Waals surface area contributed by atoms with E-state index in [-0.39, 0.29) is 18.4 Å². The van der Waals surface area contributed by atoms with E-state index >= 15 is 0 Å². The Morgan fingerprint density at radius 3 is 2.40 bits per heavy atom. The third-order valence-electron chi connectivity index (χ3n) is 6.47. The molecule has 0 unspecified atom stereocenters. The van der Waals surface area contributed by atoms with Crippen molar-refractivity contribution in [3.63, 3.8) is 0 Å². The number of methoxy groups -OCH3 is 1. The van der Waals surface area contributed by atoms with Crippen LogP contribution in [0.1, 0.15) is 31.0 Å². The van der Waals surface area contributed by atoms with Gasteiger partial charge in [-0.25, -0.2) is 14.5 Å². The Bertz CT molecular complexity index is 1730. The average Bonchev–Trinajstić information content (AvgIpc) is 3.39. The molecule has 10 heteroatoms. The molecule has 0 aliphatic heterocycles. The van der Waals surface area contributed by atoms with Gasteiger partial charge in [0.2, 0.25) is 0 Å². The number of rotatable bonds is 9. The van der Waals surface area contributed by atoms with Crippen molar-refractivity contribution in [2.45, 2.75) is 26.7 Å². The van der Waals surface area contributed by atoms with Crippen LogP contribution in [0.4, 0.5) is 22.1 Å². The van der Waals surface area contributed by atoms with Crippen LogP contribution in [-0.2, 0) is 9.53 Å². The number of carbonyl (C=O) groups is 2. The predicted octanol–water partition coefficient (Wildman–Crippen LogP) is 6.87. The molecule has 0 aliphatic rings. The topological polar surface area (TPSA) is 119 Å². The standard InChI is InChI=1S/C32H32N6O4/c1-20(2)27-18-30(38(37-27)22-11-9-21(3)10-12-22)36-32(40)34-26-13-14-28(25-8-6-5-7-24(25)26)42-23-15-16-33-29(17-23)35-31(39)19-41-4/h5-18,20H,19H2,1-4H3,(H,33,35,39)(H2,34,36,40). The van der Waals surface area contributed by atoms with Crippen molar-refractivity contribution in [2.24, 2.45) is 0 Å². The summed E-state index contributed by atoms with van der Waals surface area (Å²) in [7, 11) is 1.45. The summed E-state index contributed by atoms with van der Waals surface area (Å²) in [6, 6.07) is 24.0. The van der Waals surface area contributed by atoms with Crippen LogP contribution >= 0.6 is 0 Å². The molecule has 3 amide bonds. The van der Waals surface area contributed by atoms with Crippen molar-refractivity contribution < 1.29 is 19.1 Å². The van der Waals surface area contributed by atoms with E-state index in [1.165, 1.54) is 7.11 Å². The number of fused-ring (bicyclic) bond motifs is 1. The molecule has 0 bridgehead atoms. The molecule has 5 aromatic rings. The van der Waals surface area contributed by atoms with E-state index in [2.05, 4.69) is 34.8 Å². The fourth-order valence-electron chi connectivity index (χ4n) is 4.37. The van der Waals surface area contributed by atoms with E-state index in [1.54, 1.807) is 35.1 Å². The second-order valence-electron chi connectivity index (χ2n) is 10.1. The molecular weight excluding hydrogens is 532 g/mol. The van der Waals surface area contributed by atoms with Crippen LogP contribution in [0.5, 0.6) is 11.5 Å². The Labute approximate surface area is 243 Å². The van der Waals surface area contributed by atoms with Crippen molar-refractivity contribution in [3.05, 3.63) is 96.3 Å². The highest BCUT2D eigenvalue weighted by Crippen LogP contribution is 2.35. The van der Waals surface area contributed by atoms with Crippen molar-refractivity contribution in [3.8, 4) is 17.2 Å². The molecule has 0 aliphatic carbocycles. The molecule has 3 N–H and O–H groups in total. The van der Waals surface area contributed by atoms with E-state index in [9.17, 15) is 9.59 Å². The first-order chi connectivity index (χ1) is 20.3. The molecular formula is C32H32N6O4. The largest absolute Gasteiger partial charge is 0.457 e. The van der Waals surface area contributed by atoms with E-state index < -0.39 is 6.03 Å². The van der Waals surface area contributed by atoms with Gasteiger partial charge in [0.25, 0.3) is 5.91 Å². The first-order valence-corrected chi connectivity index (χ1v) is 13.5. The van der Waals surface area contributed by atoms with E-state index in [1.807, 2.05) is 61.5 Å². The molecule has 214 valence electrons. The maximum Gasteiger partial charge on any atom is 0.324 e. The molecule has 42 heavy (non-hydrogen) atoms. The molecule has 0 radical (unpaired) electrons. The zero-order valence-corrected chi connectivity index (χ0v) is 23.8. The van der Waals surface area contributed by atoms with Gasteiger partial charge in [-0.3, -0.25) is 10.1 Å². The van der Waals surface area contributed by atoms with Crippen molar-refractivity contribution in [2.75, 3.05) is 29.7 Å². The molecule has 0 saturated heterocycles. The molecule has 0 saturated carbocycles. The molecule has 0 spiro atoms. The number of aromatic nitrogens is 3. The molecule has 5 rings (SSSR count). The van der Waals surface area contributed by atoms with Crippen molar-refractivity contribution in [1.29, 1.82) is 0 Å². The summed E-state index contributed by atoms with van der Waals surface area (Å²) < 4.78 is 12.8. The van der Waals surface area contributed by atoms with Gasteiger partial charge in [-0.2, -0.15) is 5.10 Å². The summed E-state index contributed by atoms with van der Waals surface area (Å²) in [5.74, 6) is 1.86. The second-order valence-corrected chi connectivity index (χ2v) is 10.1. The van der Waals surface area contributed by atoms with E-state index in [0.29, 0.717) is 28.8 Å². The molecule has 0 atom stereocenters. The number of hydrogen-bond acceptors (Lipinski definition) is 6. The molecule has 2 heterocycles. The maximum absolute atomic E-state index is 13.2. The number of aryl methyl sites for hydroxylation is 1. The lowest BCUT2D eigenvalue weighted by Gasteiger charge is -2.14. The maximum atomic E-state index is 13.2. The number of pyridine rings is 1. The number of urea groups is 1. The fraction of sp³-hybridized carbons (Fsp3) is 0.188. The van der Waals surface area contributed by atoms with Crippen molar-refractivity contribution in [1.82, 2.24) is 14.8 Å². The average molecular weight is 565 g/mol. The summed E-state index contributed by atoms with van der Waals surface area (Å²) in [5.41, 5.74) is 3.48. The number of anilines is 3. The van der Waals surface area contributed by atoms with Crippen LogP contribution in [0, 0.1) is 6.92 Å². The lowest BCUT2D eigenvalue weighted by atomic mass is 10.1. The Hall–Kier alpha value is -5.22. The lowest BCUT2D eigenvalue weighted by Crippen LogP contribution is -2.21. The predicted molar refractivity (Wildman–Crippen MR) is 164 cm³/mol. The van der Waals surface area contributed by atoms with Crippen LogP contribution in [0.25, 0.3) is 16.5 Å². The fourth-order valence-corrected chi connectivity index (χ4v) is 4.37. The van der Waals surface area contributed by atoms with Gasteiger partial charge in [0.1, 0.15) is 29.7 Å². The highest BCUT2D eigenvalue weighted by molar-refractivity contribution is 6.07. The van der Waals surface area contributed by atoms with Crippen LogP contribution < -0.4 is 20.7 Å². The normalized spacial score (nSPS) is 11.0. The summed E-state index contributed by atoms with van der Waals surface area (Å²) in [4.78, 5) is 29.3. The highest BCUT2D eigenvalue weighted by atomic mass is 16.5. The van der Waals surface area contributed by atoms with E-state index in [4.69, 9.17) is 14.6 Å². The monoisotopic (exact) mass is 564 g/mol. The van der Waals surface area contributed by atoms with Gasteiger partial charge in [0, 0.05) is 36.2 Å². The number of carbonyl (C=O) groups excluding carboxylic acids is 2. The Balaban J connectivity index is 1.37. The number of nitrogens with one attached hydrogen (secondary N) is 3. The van der Waals surface area contributed by atoms with Crippen LogP contribution in [0.3, 0.4) is 0 Å². The van der Waals surface area contributed by atoms with Gasteiger partial charge in [-0.1, -0.05) is 55.8 Å². The van der Waals surface area contributed by atoms with Crippen LogP contribution in [0.2, 0.25) is 0 Å². The first kappa shape index (κ1) is 28.3. The Morgan fingerprint density at radius 1 is 0.905 bits per heavy atom. The molecule has 2 aromatic heterocycles. The van der Waals surface area contributed by atoms with Gasteiger partial charge in [-0.05, 0) is 43.2 Å². The van der Waals surface area contributed by atoms with E-state index in [0.717, 1.165) is 27.7 Å². The number of hydrogen-bond donors (Lipinski definition) is 3. The zero-order chi connectivity index (χ0) is 29.6. The summed E-state index contributed by atoms with van der Waals surface area (Å²) >= 11 is 0. The highest BCUT2D eigenvalue weighted by Gasteiger charge is 2.16. The third-order valence-corrected chi connectivity index (χ3v) is 6.47. The van der Waals surface area contributed by atoms with Crippen LogP contribution in [0.15, 0.2) is 85.1 Å². The molecule has 10 nitrogen and oxygen atoms in total. The third kappa shape index (κ3) is 6.56. The molecule has 0 fully saturated rings. The number of benzene rings is 3. The summed E-state index contributed by atoms with van der Waals surface area (Å²) in [6.45, 7) is 6.07. The Kier molecular flexibility index (Phi) is 8.44. The first-order valence-electron chi connectivity index (χ1n) is 13.5. The van der Waals surface area contributed by atoms with Gasteiger partial charge in [-0.15, -0.1) is 0 Å². The smallest absolute Gasteiger partial charge is 0.324 e. The lowest BCUT2D eigenvalue weighted by molar-refractivity contribution is -0.119. The van der Waals surface area contributed by atoms with Gasteiger partial charge >= 0.3 is 6.03 Å². The minimum Gasteiger partial charge on any atom is -0.457 e. The number of amides is 3. The minimum absolute atomic E-state index is 0.0768. The summed E-state index contributed by atoms with van der Waals surface area (Å²) in [5, 5.41) is 14.9. The van der Waals surface area contributed by atoms with Crippen LogP contribution in [-0.4, -0.2) is 40.4 Å².